The van der Waals surface area contributed by atoms with Gasteiger partial charge in [-0.05, 0) is 37.4 Å². The van der Waals surface area contributed by atoms with Crippen LogP contribution in [0.25, 0.3) is 0 Å². The lowest BCUT2D eigenvalue weighted by atomic mass is 9.93. The molecule has 1 saturated heterocycles. The lowest BCUT2D eigenvalue weighted by Crippen LogP contribution is -2.33. The molecule has 0 amide bonds. The number of benzene rings is 1. The van der Waals surface area contributed by atoms with Crippen molar-refractivity contribution in [1.82, 2.24) is 15.5 Å². The third kappa shape index (κ3) is 3.59. The van der Waals surface area contributed by atoms with Crippen molar-refractivity contribution in [2.24, 2.45) is 5.92 Å². The summed E-state index contributed by atoms with van der Waals surface area (Å²) in [6, 6.07) is 7.97. The first-order chi connectivity index (χ1) is 10.2. The van der Waals surface area contributed by atoms with Crippen LogP contribution in [0.2, 0.25) is 5.02 Å². The van der Waals surface area contributed by atoms with Gasteiger partial charge in [-0.2, -0.15) is 4.98 Å². The summed E-state index contributed by atoms with van der Waals surface area (Å²) in [5.74, 6) is 2.61. The Bertz CT molecular complexity index is 604. The minimum absolute atomic E-state index is 0.185. The molecule has 0 radical (unpaired) electrons. The van der Waals surface area contributed by atoms with Crippen molar-refractivity contribution in [3.05, 3.63) is 41.0 Å². The Hall–Kier alpha value is -1.04. The normalized spacial score (nSPS) is 22.4. The Morgan fingerprint density at radius 2 is 2.29 bits per heavy atom. The topological polar surface area (TPSA) is 51.0 Å². The summed E-state index contributed by atoms with van der Waals surface area (Å²) in [7, 11) is 0. The molecular formula is C15H18ClN3OS. The van der Waals surface area contributed by atoms with E-state index in [1.165, 1.54) is 12.8 Å². The standard InChI is InChI=1S/C15H18ClN3OS/c1-10-5-4-8-17-14(10)15-18-13(19-20-15)9-21-12-7-3-2-6-11(12)16/h2-3,6-7,10,14,17H,4-5,8-9H2,1H3. The summed E-state index contributed by atoms with van der Waals surface area (Å²) in [4.78, 5) is 5.56. The van der Waals surface area contributed by atoms with Gasteiger partial charge < -0.3 is 9.84 Å². The number of thioether (sulfide) groups is 1. The van der Waals surface area contributed by atoms with Gasteiger partial charge in [0, 0.05) is 4.90 Å². The van der Waals surface area contributed by atoms with E-state index < -0.39 is 0 Å². The third-order valence-corrected chi connectivity index (χ3v) is 5.22. The van der Waals surface area contributed by atoms with E-state index in [-0.39, 0.29) is 6.04 Å². The number of nitrogens with zero attached hydrogens (tertiary/aromatic N) is 2. The fraction of sp³-hybridized carbons (Fsp3) is 0.467. The molecule has 1 aliphatic heterocycles. The number of rotatable bonds is 4. The molecule has 2 aromatic rings. The average Bonchev–Trinajstić information content (AvgIpc) is 2.96. The second-order valence-electron chi connectivity index (χ2n) is 5.32. The maximum Gasteiger partial charge on any atom is 0.244 e. The molecule has 6 heteroatoms. The molecule has 1 fully saturated rings. The van der Waals surface area contributed by atoms with E-state index in [9.17, 15) is 0 Å². The number of halogens is 1. The van der Waals surface area contributed by atoms with Crippen LogP contribution in [-0.4, -0.2) is 16.7 Å². The van der Waals surface area contributed by atoms with E-state index >= 15 is 0 Å². The van der Waals surface area contributed by atoms with Crippen LogP contribution < -0.4 is 5.32 Å². The fourth-order valence-corrected chi connectivity index (χ4v) is 3.62. The molecule has 3 rings (SSSR count). The van der Waals surface area contributed by atoms with E-state index in [2.05, 4.69) is 22.4 Å². The van der Waals surface area contributed by atoms with Crippen LogP contribution in [0, 0.1) is 5.92 Å². The SMILES string of the molecule is CC1CCCNC1c1nc(CSc2ccccc2Cl)no1. The summed E-state index contributed by atoms with van der Waals surface area (Å²) in [5.41, 5.74) is 0. The summed E-state index contributed by atoms with van der Waals surface area (Å²) in [6.45, 7) is 3.24. The Labute approximate surface area is 133 Å². The van der Waals surface area contributed by atoms with Gasteiger partial charge in [-0.3, -0.25) is 0 Å². The van der Waals surface area contributed by atoms with E-state index in [1.54, 1.807) is 11.8 Å². The van der Waals surface area contributed by atoms with Gasteiger partial charge in [0.15, 0.2) is 5.82 Å². The lowest BCUT2D eigenvalue weighted by Gasteiger charge is -2.26. The van der Waals surface area contributed by atoms with Crippen molar-refractivity contribution >= 4 is 23.4 Å². The first-order valence-electron chi connectivity index (χ1n) is 7.17. The van der Waals surface area contributed by atoms with Crippen molar-refractivity contribution < 1.29 is 4.52 Å². The summed E-state index contributed by atoms with van der Waals surface area (Å²) >= 11 is 7.77. The van der Waals surface area contributed by atoms with Crippen molar-refractivity contribution in [3.63, 3.8) is 0 Å². The molecule has 2 atom stereocenters. The predicted molar refractivity (Wildman–Crippen MR) is 84.5 cm³/mol. The van der Waals surface area contributed by atoms with Crippen molar-refractivity contribution in [1.29, 1.82) is 0 Å². The molecule has 1 aliphatic rings. The zero-order valence-corrected chi connectivity index (χ0v) is 13.5. The molecule has 0 spiro atoms. The van der Waals surface area contributed by atoms with E-state index in [0.29, 0.717) is 17.6 Å². The molecule has 1 aromatic carbocycles. The fourth-order valence-electron chi connectivity index (χ4n) is 2.54. The van der Waals surface area contributed by atoms with Gasteiger partial charge in [-0.1, -0.05) is 35.8 Å². The molecule has 0 aliphatic carbocycles. The van der Waals surface area contributed by atoms with Crippen molar-refractivity contribution in [2.75, 3.05) is 6.54 Å². The van der Waals surface area contributed by atoms with E-state index in [0.717, 1.165) is 22.3 Å². The molecule has 0 saturated carbocycles. The largest absolute Gasteiger partial charge is 0.338 e. The van der Waals surface area contributed by atoms with Gasteiger partial charge in [0.05, 0.1) is 16.8 Å². The van der Waals surface area contributed by atoms with Crippen molar-refractivity contribution in [2.45, 2.75) is 36.5 Å². The van der Waals surface area contributed by atoms with Gasteiger partial charge in [-0.15, -0.1) is 11.8 Å². The maximum atomic E-state index is 6.14. The minimum atomic E-state index is 0.185. The Kier molecular flexibility index (Phi) is 4.83. The zero-order valence-electron chi connectivity index (χ0n) is 11.9. The van der Waals surface area contributed by atoms with Gasteiger partial charge >= 0.3 is 0 Å². The van der Waals surface area contributed by atoms with Crippen molar-refractivity contribution in [3.8, 4) is 0 Å². The smallest absolute Gasteiger partial charge is 0.244 e. The molecule has 2 heterocycles. The first-order valence-corrected chi connectivity index (χ1v) is 8.53. The molecule has 2 unspecified atom stereocenters. The van der Waals surface area contributed by atoms with Gasteiger partial charge in [0.1, 0.15) is 0 Å². The highest BCUT2D eigenvalue weighted by molar-refractivity contribution is 7.98. The van der Waals surface area contributed by atoms with Gasteiger partial charge in [0.25, 0.3) is 0 Å². The quantitative estimate of drug-likeness (QED) is 0.859. The Morgan fingerprint density at radius 1 is 1.43 bits per heavy atom. The molecule has 1 aromatic heterocycles. The second kappa shape index (κ2) is 6.81. The number of nitrogens with one attached hydrogen (secondary N) is 1. The van der Waals surface area contributed by atoms with Gasteiger partial charge in [0.2, 0.25) is 5.89 Å². The highest BCUT2D eigenvalue weighted by Crippen LogP contribution is 2.30. The molecule has 1 N–H and O–H groups in total. The van der Waals surface area contributed by atoms with Crippen LogP contribution in [0.3, 0.4) is 0 Å². The first kappa shape index (κ1) is 14.9. The van der Waals surface area contributed by atoms with Crippen LogP contribution >= 0.6 is 23.4 Å². The summed E-state index contributed by atoms with van der Waals surface area (Å²) < 4.78 is 5.42. The molecule has 0 bridgehead atoms. The highest BCUT2D eigenvalue weighted by atomic mass is 35.5. The monoisotopic (exact) mass is 323 g/mol. The molecule has 4 nitrogen and oxygen atoms in total. The van der Waals surface area contributed by atoms with Crippen LogP contribution in [0.15, 0.2) is 33.7 Å². The molecule has 112 valence electrons. The average molecular weight is 324 g/mol. The number of aromatic nitrogens is 2. The maximum absolute atomic E-state index is 6.14. The van der Waals surface area contributed by atoms with Crippen LogP contribution in [0.4, 0.5) is 0 Å². The summed E-state index contributed by atoms with van der Waals surface area (Å²) in [6.07, 6.45) is 2.41. The molecule has 21 heavy (non-hydrogen) atoms. The van der Waals surface area contributed by atoms with Crippen LogP contribution in [-0.2, 0) is 5.75 Å². The second-order valence-corrected chi connectivity index (χ2v) is 6.74. The Morgan fingerprint density at radius 3 is 3.10 bits per heavy atom. The third-order valence-electron chi connectivity index (χ3n) is 3.71. The molecular weight excluding hydrogens is 306 g/mol. The number of piperidine rings is 1. The van der Waals surface area contributed by atoms with Gasteiger partial charge in [-0.25, -0.2) is 0 Å². The predicted octanol–water partition coefficient (Wildman–Crippen LogP) is 4.08. The lowest BCUT2D eigenvalue weighted by molar-refractivity contribution is 0.239. The minimum Gasteiger partial charge on any atom is -0.338 e. The number of hydrogen-bond donors (Lipinski definition) is 1. The Balaban J connectivity index is 1.64. The highest BCUT2D eigenvalue weighted by Gasteiger charge is 2.27. The van der Waals surface area contributed by atoms with E-state index in [1.807, 2.05) is 24.3 Å². The number of hydrogen-bond acceptors (Lipinski definition) is 5. The van der Waals surface area contributed by atoms with Crippen LogP contribution in [0.5, 0.6) is 0 Å². The van der Waals surface area contributed by atoms with Crippen LogP contribution in [0.1, 0.15) is 37.5 Å². The summed E-state index contributed by atoms with van der Waals surface area (Å²) in [5, 5.41) is 8.30. The van der Waals surface area contributed by atoms with E-state index in [4.69, 9.17) is 16.1 Å². The zero-order chi connectivity index (χ0) is 14.7.